The number of hydrazone groups is 1. The smallest absolute Gasteiger partial charge is 0.332 e. The number of carbonyl (C=O) groups excluding carboxylic acids is 1. The Morgan fingerprint density at radius 2 is 1.69 bits per heavy atom. The lowest BCUT2D eigenvalue weighted by atomic mass is 10.2. The predicted octanol–water partition coefficient (Wildman–Crippen LogP) is 4.77. The lowest BCUT2D eigenvalue weighted by Crippen LogP contribution is -2.24. The number of nitrogens with one attached hydrogen (secondary N) is 1. The molecule has 9 heteroatoms. The van der Waals surface area contributed by atoms with Crippen LogP contribution in [0.15, 0.2) is 41.5 Å². The van der Waals surface area contributed by atoms with Crippen molar-refractivity contribution >= 4 is 23.8 Å². The molecule has 0 heterocycles. The van der Waals surface area contributed by atoms with Crippen molar-refractivity contribution in [2.24, 2.45) is 10.8 Å². The fourth-order valence-corrected chi connectivity index (χ4v) is 3.05. The monoisotopic (exact) mass is 463 g/mol. The Morgan fingerprint density at radius 3 is 2.31 bits per heavy atom. The van der Waals surface area contributed by atoms with Crippen LogP contribution in [0.4, 0.5) is 4.79 Å². The van der Waals surface area contributed by atoms with Gasteiger partial charge in [-0.3, -0.25) is 0 Å². The molecular formula is C23H30ClN3O5. The van der Waals surface area contributed by atoms with Crippen LogP contribution >= 0.6 is 11.6 Å². The van der Waals surface area contributed by atoms with Gasteiger partial charge in [0.05, 0.1) is 25.0 Å². The Labute approximate surface area is 193 Å². The average molecular weight is 464 g/mol. The quantitative estimate of drug-likeness (QED) is 0.238. The van der Waals surface area contributed by atoms with Gasteiger partial charge in [0.25, 0.3) is 0 Å². The first-order chi connectivity index (χ1) is 15.5. The molecule has 2 aromatic rings. The van der Waals surface area contributed by atoms with Crippen molar-refractivity contribution in [3.63, 3.8) is 0 Å². The molecule has 3 N–H and O–H groups in total. The van der Waals surface area contributed by atoms with Crippen molar-refractivity contribution in [2.75, 3.05) is 26.9 Å². The van der Waals surface area contributed by atoms with Gasteiger partial charge in [-0.15, -0.1) is 0 Å². The summed E-state index contributed by atoms with van der Waals surface area (Å²) in [4.78, 5) is 10.7. The SMILES string of the molecule is CCCCCCOc1ccc(OCCOc2c(Cl)cc(/C=N\NC(N)=O)cc2OC)cc1. The highest BCUT2D eigenvalue weighted by atomic mass is 35.5. The number of nitrogens with two attached hydrogens (primary N) is 1. The lowest BCUT2D eigenvalue weighted by molar-refractivity contribution is 0.211. The van der Waals surface area contributed by atoms with Gasteiger partial charge in [-0.2, -0.15) is 5.10 Å². The number of carbonyl (C=O) groups is 1. The molecule has 0 saturated carbocycles. The number of hydrogen-bond donors (Lipinski definition) is 2. The number of unbranched alkanes of at least 4 members (excludes halogenated alkanes) is 3. The Hall–Kier alpha value is -3.13. The van der Waals surface area contributed by atoms with E-state index in [1.807, 2.05) is 24.3 Å². The molecule has 2 rings (SSSR count). The zero-order chi connectivity index (χ0) is 23.2. The molecule has 0 spiro atoms. The van der Waals surface area contributed by atoms with E-state index in [0.717, 1.165) is 24.5 Å². The van der Waals surface area contributed by atoms with Crippen LogP contribution in [-0.4, -0.2) is 39.2 Å². The van der Waals surface area contributed by atoms with Crippen molar-refractivity contribution in [1.29, 1.82) is 0 Å². The molecule has 0 aliphatic carbocycles. The highest BCUT2D eigenvalue weighted by Crippen LogP contribution is 2.36. The van der Waals surface area contributed by atoms with Crippen LogP contribution in [0.25, 0.3) is 0 Å². The number of hydrogen-bond acceptors (Lipinski definition) is 6. The molecular weight excluding hydrogens is 434 g/mol. The van der Waals surface area contributed by atoms with Gasteiger partial charge in [0.15, 0.2) is 11.5 Å². The molecule has 8 nitrogen and oxygen atoms in total. The standard InChI is InChI=1S/C23H30ClN3O5/c1-3-4-5-6-11-30-18-7-9-19(10-8-18)31-12-13-32-22-20(24)14-17(15-21(22)29-2)16-26-27-23(25)28/h7-10,14-16H,3-6,11-13H2,1-2H3,(H3,25,27,28)/b26-16-. The van der Waals surface area contributed by atoms with Crippen molar-refractivity contribution < 1.29 is 23.7 Å². The molecule has 32 heavy (non-hydrogen) atoms. The number of benzene rings is 2. The van der Waals surface area contributed by atoms with E-state index in [4.69, 9.17) is 36.3 Å². The molecule has 0 saturated heterocycles. The maximum absolute atomic E-state index is 10.7. The molecule has 174 valence electrons. The number of primary amides is 1. The zero-order valence-electron chi connectivity index (χ0n) is 18.4. The number of rotatable bonds is 14. The number of halogens is 1. The Kier molecular flexibility index (Phi) is 11.0. The first kappa shape index (κ1) is 25.1. The van der Waals surface area contributed by atoms with Gasteiger partial charge >= 0.3 is 6.03 Å². The van der Waals surface area contributed by atoms with Gasteiger partial charge in [0.1, 0.15) is 24.7 Å². The maximum atomic E-state index is 10.7. The van der Waals surface area contributed by atoms with Gasteiger partial charge < -0.3 is 24.7 Å². The molecule has 0 radical (unpaired) electrons. The van der Waals surface area contributed by atoms with Crippen molar-refractivity contribution in [2.45, 2.75) is 32.6 Å². The number of urea groups is 1. The van der Waals surface area contributed by atoms with Crippen LogP contribution in [0, 0.1) is 0 Å². The van der Waals surface area contributed by atoms with E-state index in [9.17, 15) is 4.79 Å². The van der Waals surface area contributed by atoms with E-state index in [-0.39, 0.29) is 6.61 Å². The molecule has 0 fully saturated rings. The van der Waals surface area contributed by atoms with Crippen LogP contribution in [0.5, 0.6) is 23.0 Å². The van der Waals surface area contributed by atoms with Crippen LogP contribution in [0.3, 0.4) is 0 Å². The highest BCUT2D eigenvalue weighted by molar-refractivity contribution is 6.32. The Balaban J connectivity index is 1.80. The normalized spacial score (nSPS) is 10.7. The average Bonchev–Trinajstić information content (AvgIpc) is 2.78. The van der Waals surface area contributed by atoms with Gasteiger partial charge in [-0.1, -0.05) is 37.8 Å². The fourth-order valence-electron chi connectivity index (χ4n) is 2.78. The van der Waals surface area contributed by atoms with Gasteiger partial charge in [-0.25, -0.2) is 10.2 Å². The second kappa shape index (κ2) is 14.0. The number of nitrogens with zero attached hydrogens (tertiary/aromatic N) is 1. The molecule has 0 atom stereocenters. The van der Waals surface area contributed by atoms with Crippen molar-refractivity contribution in [3.05, 3.63) is 47.0 Å². The summed E-state index contributed by atoms with van der Waals surface area (Å²) in [5.41, 5.74) is 7.69. The van der Waals surface area contributed by atoms with E-state index in [0.29, 0.717) is 28.7 Å². The van der Waals surface area contributed by atoms with E-state index < -0.39 is 6.03 Å². The summed E-state index contributed by atoms with van der Waals surface area (Å²) < 4.78 is 22.5. The minimum absolute atomic E-state index is 0.266. The first-order valence-electron chi connectivity index (χ1n) is 10.5. The second-order valence-electron chi connectivity index (χ2n) is 6.85. The van der Waals surface area contributed by atoms with E-state index in [1.165, 1.54) is 32.6 Å². The Bertz CT molecular complexity index is 875. The summed E-state index contributed by atoms with van der Waals surface area (Å²) in [6.07, 6.45) is 6.10. The van der Waals surface area contributed by atoms with E-state index in [2.05, 4.69) is 17.5 Å². The molecule has 2 amide bonds. The number of methoxy groups -OCH3 is 1. The lowest BCUT2D eigenvalue weighted by Gasteiger charge is -2.14. The maximum Gasteiger partial charge on any atom is 0.332 e. The molecule has 2 aromatic carbocycles. The summed E-state index contributed by atoms with van der Waals surface area (Å²) in [6, 6.07) is 10.1. The van der Waals surface area contributed by atoms with Crippen LogP contribution in [0.2, 0.25) is 5.02 Å². The first-order valence-corrected chi connectivity index (χ1v) is 10.9. The third kappa shape index (κ3) is 8.93. The van der Waals surface area contributed by atoms with Gasteiger partial charge in [-0.05, 0) is 48.4 Å². The predicted molar refractivity (Wildman–Crippen MR) is 125 cm³/mol. The largest absolute Gasteiger partial charge is 0.494 e. The second-order valence-corrected chi connectivity index (χ2v) is 7.25. The fraction of sp³-hybridized carbons (Fsp3) is 0.391. The summed E-state index contributed by atoms with van der Waals surface area (Å²) in [5, 5.41) is 4.04. The molecule has 0 unspecified atom stereocenters. The minimum atomic E-state index is -0.760. The van der Waals surface area contributed by atoms with E-state index >= 15 is 0 Å². The molecule has 0 aliphatic rings. The van der Waals surface area contributed by atoms with Gasteiger partial charge in [0, 0.05) is 0 Å². The molecule has 0 aliphatic heterocycles. The zero-order valence-corrected chi connectivity index (χ0v) is 19.2. The van der Waals surface area contributed by atoms with Crippen LogP contribution in [-0.2, 0) is 0 Å². The summed E-state index contributed by atoms with van der Waals surface area (Å²) in [7, 11) is 1.50. The summed E-state index contributed by atoms with van der Waals surface area (Å²) >= 11 is 6.30. The Morgan fingerprint density at radius 1 is 1.03 bits per heavy atom. The number of ether oxygens (including phenoxy) is 4. The van der Waals surface area contributed by atoms with E-state index in [1.54, 1.807) is 12.1 Å². The molecule has 0 bridgehead atoms. The summed E-state index contributed by atoms with van der Waals surface area (Å²) in [5.74, 6) is 2.37. The summed E-state index contributed by atoms with van der Waals surface area (Å²) in [6.45, 7) is 3.50. The van der Waals surface area contributed by atoms with Crippen LogP contribution in [0.1, 0.15) is 38.2 Å². The molecule has 0 aromatic heterocycles. The topological polar surface area (TPSA) is 104 Å². The number of amides is 2. The van der Waals surface area contributed by atoms with Crippen molar-refractivity contribution in [3.8, 4) is 23.0 Å². The minimum Gasteiger partial charge on any atom is -0.494 e. The van der Waals surface area contributed by atoms with Crippen LogP contribution < -0.4 is 30.1 Å². The highest BCUT2D eigenvalue weighted by Gasteiger charge is 2.12. The van der Waals surface area contributed by atoms with Gasteiger partial charge in [0.2, 0.25) is 0 Å². The third-order valence-electron chi connectivity index (χ3n) is 4.33. The van der Waals surface area contributed by atoms with Crippen molar-refractivity contribution in [1.82, 2.24) is 5.43 Å². The third-order valence-corrected chi connectivity index (χ3v) is 4.61.